The molecule has 0 saturated heterocycles. The minimum absolute atomic E-state index is 0.394. The van der Waals surface area contributed by atoms with Gasteiger partial charge in [0.15, 0.2) is 0 Å². The zero-order chi connectivity index (χ0) is 13.4. The van der Waals surface area contributed by atoms with E-state index in [1.54, 1.807) is 7.11 Å². The van der Waals surface area contributed by atoms with Crippen LogP contribution in [0.15, 0.2) is 24.3 Å². The summed E-state index contributed by atoms with van der Waals surface area (Å²) in [6.07, 6.45) is 0.994. The number of methoxy groups -OCH3 is 1. The Bertz CT molecular complexity index is 339. The number of anilines is 1. The molecule has 0 spiro atoms. The second kappa shape index (κ2) is 7.98. The maximum absolute atomic E-state index is 5.71. The molecule has 0 amide bonds. The topological polar surface area (TPSA) is 30.5 Å². The van der Waals surface area contributed by atoms with Gasteiger partial charge in [0.2, 0.25) is 0 Å². The van der Waals surface area contributed by atoms with Crippen LogP contribution < -0.4 is 10.1 Å². The molecule has 0 aliphatic rings. The molecular weight excluding hydrogens is 226 g/mol. The van der Waals surface area contributed by atoms with Crippen LogP contribution in [0.4, 0.5) is 5.69 Å². The van der Waals surface area contributed by atoms with Gasteiger partial charge in [-0.05, 0) is 31.4 Å². The normalized spacial score (nSPS) is 12.5. The number of hydrogen-bond acceptors (Lipinski definition) is 3. The highest BCUT2D eigenvalue weighted by molar-refractivity contribution is 5.48. The van der Waals surface area contributed by atoms with Gasteiger partial charge in [-0.1, -0.05) is 19.9 Å². The fourth-order valence-corrected chi connectivity index (χ4v) is 1.59. The van der Waals surface area contributed by atoms with Crippen LogP contribution in [0.2, 0.25) is 0 Å². The lowest BCUT2D eigenvalue weighted by molar-refractivity contribution is 0.191. The molecule has 1 atom stereocenters. The molecule has 0 aliphatic heterocycles. The molecule has 3 heteroatoms. The summed E-state index contributed by atoms with van der Waals surface area (Å²) in [5.74, 6) is 1.47. The van der Waals surface area contributed by atoms with E-state index in [-0.39, 0.29) is 0 Å². The Labute approximate surface area is 110 Å². The zero-order valence-electron chi connectivity index (χ0n) is 11.9. The van der Waals surface area contributed by atoms with Gasteiger partial charge in [0.05, 0.1) is 6.61 Å². The van der Waals surface area contributed by atoms with Crippen LogP contribution in [0.5, 0.6) is 5.75 Å². The molecule has 3 nitrogen and oxygen atoms in total. The fraction of sp³-hybridized carbons (Fsp3) is 0.600. The fourth-order valence-electron chi connectivity index (χ4n) is 1.59. The summed E-state index contributed by atoms with van der Waals surface area (Å²) < 4.78 is 10.8. The molecule has 0 fully saturated rings. The van der Waals surface area contributed by atoms with E-state index in [9.17, 15) is 0 Å². The van der Waals surface area contributed by atoms with Crippen LogP contribution in [-0.4, -0.2) is 26.4 Å². The first-order valence-corrected chi connectivity index (χ1v) is 6.60. The van der Waals surface area contributed by atoms with E-state index in [4.69, 9.17) is 9.47 Å². The van der Waals surface area contributed by atoms with Crippen molar-refractivity contribution in [1.29, 1.82) is 0 Å². The smallest absolute Gasteiger partial charge is 0.121 e. The summed E-state index contributed by atoms with van der Waals surface area (Å²) in [4.78, 5) is 0. The van der Waals surface area contributed by atoms with Gasteiger partial charge in [0.25, 0.3) is 0 Å². The maximum atomic E-state index is 5.71. The Kier molecular flexibility index (Phi) is 6.58. The van der Waals surface area contributed by atoms with Crippen molar-refractivity contribution in [2.24, 2.45) is 5.92 Å². The highest BCUT2D eigenvalue weighted by atomic mass is 16.5. The predicted molar refractivity (Wildman–Crippen MR) is 76.4 cm³/mol. The molecule has 0 aliphatic carbocycles. The summed E-state index contributed by atoms with van der Waals surface area (Å²) in [5, 5.41) is 3.44. The Balaban J connectivity index is 2.48. The van der Waals surface area contributed by atoms with Gasteiger partial charge in [0.1, 0.15) is 5.75 Å². The number of hydrogen-bond donors (Lipinski definition) is 1. The Morgan fingerprint density at radius 2 is 2.00 bits per heavy atom. The summed E-state index contributed by atoms with van der Waals surface area (Å²) in [6.45, 7) is 7.98. The summed E-state index contributed by atoms with van der Waals surface area (Å²) in [7, 11) is 1.73. The van der Waals surface area contributed by atoms with Crippen molar-refractivity contribution in [2.45, 2.75) is 33.2 Å². The summed E-state index contributed by atoms with van der Waals surface area (Å²) in [5.41, 5.74) is 1.10. The van der Waals surface area contributed by atoms with Crippen molar-refractivity contribution in [3.8, 4) is 5.75 Å². The molecule has 0 aromatic heterocycles. The molecule has 0 radical (unpaired) electrons. The van der Waals surface area contributed by atoms with Crippen LogP contribution in [0.3, 0.4) is 0 Å². The standard InChI is InChI=1S/C15H25NO2/c1-12(2)11-18-15-7-5-6-14(10-15)16-13(3)8-9-17-4/h5-7,10,12-13,16H,8-9,11H2,1-4H3. The molecule has 1 N–H and O–H groups in total. The monoisotopic (exact) mass is 251 g/mol. The molecule has 18 heavy (non-hydrogen) atoms. The minimum Gasteiger partial charge on any atom is -0.493 e. The van der Waals surface area contributed by atoms with Crippen molar-refractivity contribution >= 4 is 5.69 Å². The maximum Gasteiger partial charge on any atom is 0.121 e. The third-order valence-electron chi connectivity index (χ3n) is 2.59. The first-order valence-electron chi connectivity index (χ1n) is 6.60. The van der Waals surface area contributed by atoms with Gasteiger partial charge in [0, 0.05) is 31.5 Å². The van der Waals surface area contributed by atoms with Gasteiger partial charge < -0.3 is 14.8 Å². The van der Waals surface area contributed by atoms with E-state index in [2.05, 4.69) is 32.2 Å². The average Bonchev–Trinajstić information content (AvgIpc) is 2.34. The third-order valence-corrected chi connectivity index (χ3v) is 2.59. The quantitative estimate of drug-likeness (QED) is 0.766. The number of rotatable bonds is 8. The van der Waals surface area contributed by atoms with E-state index >= 15 is 0 Å². The van der Waals surface area contributed by atoms with Gasteiger partial charge >= 0.3 is 0 Å². The van der Waals surface area contributed by atoms with E-state index in [1.807, 2.05) is 18.2 Å². The first kappa shape index (κ1) is 14.8. The largest absolute Gasteiger partial charge is 0.493 e. The van der Waals surface area contributed by atoms with Crippen molar-refractivity contribution in [1.82, 2.24) is 0 Å². The highest BCUT2D eigenvalue weighted by Gasteiger charge is 2.03. The molecule has 1 aromatic rings. The van der Waals surface area contributed by atoms with Crippen LogP contribution >= 0.6 is 0 Å². The van der Waals surface area contributed by atoms with Gasteiger partial charge in [-0.2, -0.15) is 0 Å². The van der Waals surface area contributed by atoms with Gasteiger partial charge in [-0.15, -0.1) is 0 Å². The molecule has 1 aromatic carbocycles. The molecule has 0 bridgehead atoms. The lowest BCUT2D eigenvalue weighted by Gasteiger charge is -2.16. The van der Waals surface area contributed by atoms with Crippen molar-refractivity contribution < 1.29 is 9.47 Å². The van der Waals surface area contributed by atoms with Gasteiger partial charge in [-0.3, -0.25) is 0 Å². The molecule has 0 heterocycles. The SMILES string of the molecule is COCCC(C)Nc1cccc(OCC(C)C)c1. The van der Waals surface area contributed by atoms with Gasteiger partial charge in [-0.25, -0.2) is 0 Å². The number of ether oxygens (including phenoxy) is 2. The summed E-state index contributed by atoms with van der Waals surface area (Å²) >= 11 is 0. The van der Waals surface area contributed by atoms with Crippen LogP contribution in [0, 0.1) is 5.92 Å². The van der Waals surface area contributed by atoms with Crippen LogP contribution in [0.1, 0.15) is 27.2 Å². The molecule has 102 valence electrons. The van der Waals surface area contributed by atoms with Crippen LogP contribution in [0.25, 0.3) is 0 Å². The van der Waals surface area contributed by atoms with E-state index < -0.39 is 0 Å². The number of nitrogens with one attached hydrogen (secondary N) is 1. The van der Waals surface area contributed by atoms with E-state index in [1.165, 1.54) is 0 Å². The lowest BCUT2D eigenvalue weighted by atomic mass is 10.2. The second-order valence-corrected chi connectivity index (χ2v) is 5.06. The predicted octanol–water partition coefficient (Wildman–Crippen LogP) is 3.56. The third kappa shape index (κ3) is 5.92. The Hall–Kier alpha value is -1.22. The highest BCUT2D eigenvalue weighted by Crippen LogP contribution is 2.19. The van der Waals surface area contributed by atoms with E-state index in [0.29, 0.717) is 12.0 Å². The zero-order valence-corrected chi connectivity index (χ0v) is 11.9. The van der Waals surface area contributed by atoms with E-state index in [0.717, 1.165) is 31.1 Å². The molecule has 1 unspecified atom stereocenters. The minimum atomic E-state index is 0.394. The number of benzene rings is 1. The second-order valence-electron chi connectivity index (χ2n) is 5.06. The summed E-state index contributed by atoms with van der Waals surface area (Å²) in [6, 6.07) is 8.51. The van der Waals surface area contributed by atoms with Crippen molar-refractivity contribution in [2.75, 3.05) is 25.6 Å². The first-order chi connectivity index (χ1) is 8.61. The van der Waals surface area contributed by atoms with Crippen molar-refractivity contribution in [3.63, 3.8) is 0 Å². The Morgan fingerprint density at radius 1 is 1.22 bits per heavy atom. The van der Waals surface area contributed by atoms with Crippen molar-refractivity contribution in [3.05, 3.63) is 24.3 Å². The average molecular weight is 251 g/mol. The Morgan fingerprint density at radius 3 is 2.67 bits per heavy atom. The van der Waals surface area contributed by atoms with Crippen LogP contribution in [-0.2, 0) is 4.74 Å². The molecule has 0 saturated carbocycles. The lowest BCUT2D eigenvalue weighted by Crippen LogP contribution is -2.17. The molecular formula is C15H25NO2. The molecule has 1 rings (SSSR count).